The lowest BCUT2D eigenvalue weighted by Gasteiger charge is -2.34. The van der Waals surface area contributed by atoms with Gasteiger partial charge in [0.25, 0.3) is 5.91 Å². The number of hydrogen-bond acceptors (Lipinski definition) is 5. The van der Waals surface area contributed by atoms with Crippen LogP contribution in [0.3, 0.4) is 0 Å². The van der Waals surface area contributed by atoms with Gasteiger partial charge in [-0.15, -0.1) is 0 Å². The summed E-state index contributed by atoms with van der Waals surface area (Å²) < 4.78 is 25.0. The number of benzene rings is 2. The average molecular weight is 409 g/mol. The number of hydrogen-bond donors (Lipinski definition) is 0. The van der Waals surface area contributed by atoms with Gasteiger partial charge in [0, 0.05) is 32.7 Å². The Morgan fingerprint density at radius 1 is 1.10 bits per heavy atom. The van der Waals surface area contributed by atoms with Gasteiger partial charge in [-0.25, -0.2) is 9.37 Å². The standard InChI is InChI=1S/C23H24FN3O3/c1-2-29-18-9-7-17(8-10-18)15-26-11-13-27(14-12-26)23(28)21-22(30-16-25-21)19-5-3-4-6-20(19)24/h3-10,16H,2,11-15H2,1H3. The van der Waals surface area contributed by atoms with Crippen LogP contribution in [0.5, 0.6) is 5.75 Å². The minimum Gasteiger partial charge on any atom is -0.494 e. The zero-order valence-corrected chi connectivity index (χ0v) is 16.9. The molecule has 0 bridgehead atoms. The number of nitrogens with zero attached hydrogens (tertiary/aromatic N) is 3. The molecule has 6 nitrogen and oxygen atoms in total. The van der Waals surface area contributed by atoms with Gasteiger partial charge in [0.2, 0.25) is 0 Å². The lowest BCUT2D eigenvalue weighted by Crippen LogP contribution is -2.48. The van der Waals surface area contributed by atoms with Crippen LogP contribution in [0.2, 0.25) is 0 Å². The van der Waals surface area contributed by atoms with E-state index in [1.165, 1.54) is 18.0 Å². The van der Waals surface area contributed by atoms with Crippen LogP contribution in [0.25, 0.3) is 11.3 Å². The van der Waals surface area contributed by atoms with Crippen LogP contribution < -0.4 is 4.74 Å². The Morgan fingerprint density at radius 3 is 2.53 bits per heavy atom. The molecule has 1 saturated heterocycles. The van der Waals surface area contributed by atoms with E-state index in [4.69, 9.17) is 9.15 Å². The molecular weight excluding hydrogens is 385 g/mol. The number of aromatic nitrogens is 1. The third-order valence-corrected chi connectivity index (χ3v) is 5.19. The van der Waals surface area contributed by atoms with Crippen molar-refractivity contribution in [3.05, 3.63) is 72.0 Å². The van der Waals surface area contributed by atoms with Gasteiger partial charge in [-0.2, -0.15) is 0 Å². The minimum absolute atomic E-state index is 0.153. The number of carbonyl (C=O) groups is 1. The Morgan fingerprint density at radius 2 is 1.83 bits per heavy atom. The van der Waals surface area contributed by atoms with Crippen LogP contribution in [0.1, 0.15) is 23.0 Å². The number of halogens is 1. The van der Waals surface area contributed by atoms with Crippen molar-refractivity contribution < 1.29 is 18.3 Å². The summed E-state index contributed by atoms with van der Waals surface area (Å²) in [5.74, 6) is 0.371. The largest absolute Gasteiger partial charge is 0.494 e. The summed E-state index contributed by atoms with van der Waals surface area (Å²) in [7, 11) is 0. The molecule has 4 rings (SSSR count). The number of piperazine rings is 1. The van der Waals surface area contributed by atoms with Crippen molar-refractivity contribution in [2.75, 3.05) is 32.8 Å². The number of carbonyl (C=O) groups excluding carboxylic acids is 1. The Hall–Kier alpha value is -3.19. The molecule has 0 radical (unpaired) electrons. The average Bonchev–Trinajstić information content (AvgIpc) is 3.25. The van der Waals surface area contributed by atoms with Crippen molar-refractivity contribution in [1.82, 2.24) is 14.8 Å². The number of amides is 1. The molecule has 0 spiro atoms. The summed E-state index contributed by atoms with van der Waals surface area (Å²) >= 11 is 0. The number of oxazole rings is 1. The lowest BCUT2D eigenvalue weighted by atomic mass is 10.1. The van der Waals surface area contributed by atoms with Crippen molar-refractivity contribution in [2.24, 2.45) is 0 Å². The van der Waals surface area contributed by atoms with Gasteiger partial charge >= 0.3 is 0 Å². The minimum atomic E-state index is -0.441. The fourth-order valence-corrected chi connectivity index (χ4v) is 3.61. The van der Waals surface area contributed by atoms with E-state index < -0.39 is 5.82 Å². The van der Waals surface area contributed by atoms with Gasteiger partial charge < -0.3 is 14.1 Å². The first-order valence-electron chi connectivity index (χ1n) is 10.1. The molecule has 0 N–H and O–H groups in total. The molecule has 1 aromatic heterocycles. The highest BCUT2D eigenvalue weighted by molar-refractivity contribution is 5.97. The summed E-state index contributed by atoms with van der Waals surface area (Å²) in [6.07, 6.45) is 1.19. The van der Waals surface area contributed by atoms with Crippen LogP contribution in [0, 0.1) is 5.82 Å². The molecule has 0 aliphatic carbocycles. The topological polar surface area (TPSA) is 58.8 Å². The highest BCUT2D eigenvalue weighted by Crippen LogP contribution is 2.27. The third kappa shape index (κ3) is 4.36. The van der Waals surface area contributed by atoms with E-state index in [1.54, 1.807) is 23.1 Å². The fourth-order valence-electron chi connectivity index (χ4n) is 3.61. The van der Waals surface area contributed by atoms with Gasteiger partial charge in [-0.3, -0.25) is 9.69 Å². The lowest BCUT2D eigenvalue weighted by molar-refractivity contribution is 0.0623. The quantitative estimate of drug-likeness (QED) is 0.619. The normalized spacial score (nSPS) is 14.7. The molecule has 0 atom stereocenters. The summed E-state index contributed by atoms with van der Waals surface area (Å²) in [5.41, 5.74) is 1.60. The van der Waals surface area contributed by atoms with Crippen molar-refractivity contribution in [3.63, 3.8) is 0 Å². The third-order valence-electron chi connectivity index (χ3n) is 5.19. The molecule has 30 heavy (non-hydrogen) atoms. The summed E-state index contributed by atoms with van der Waals surface area (Å²) in [6.45, 7) is 6.11. The second-order valence-corrected chi connectivity index (χ2v) is 7.16. The molecule has 1 aliphatic heterocycles. The smallest absolute Gasteiger partial charge is 0.276 e. The van der Waals surface area contributed by atoms with Crippen LogP contribution in [0.15, 0.2) is 59.3 Å². The van der Waals surface area contributed by atoms with Crippen LogP contribution in [0.4, 0.5) is 4.39 Å². The summed E-state index contributed by atoms with van der Waals surface area (Å²) in [4.78, 5) is 21.1. The van der Waals surface area contributed by atoms with Gasteiger partial charge in [-0.05, 0) is 36.8 Å². The second kappa shape index (κ2) is 9.09. The van der Waals surface area contributed by atoms with Crippen LogP contribution >= 0.6 is 0 Å². The van der Waals surface area contributed by atoms with Crippen molar-refractivity contribution in [1.29, 1.82) is 0 Å². The van der Waals surface area contributed by atoms with Crippen molar-refractivity contribution >= 4 is 5.91 Å². The number of rotatable bonds is 6. The molecule has 2 heterocycles. The predicted molar refractivity (Wildman–Crippen MR) is 111 cm³/mol. The van der Waals surface area contributed by atoms with Crippen LogP contribution in [-0.2, 0) is 6.54 Å². The first-order chi connectivity index (χ1) is 14.7. The summed E-state index contributed by atoms with van der Waals surface area (Å²) in [5, 5.41) is 0. The van der Waals surface area contributed by atoms with E-state index in [-0.39, 0.29) is 22.9 Å². The Balaban J connectivity index is 1.37. The van der Waals surface area contributed by atoms with Gasteiger partial charge in [0.15, 0.2) is 17.8 Å². The first-order valence-corrected chi connectivity index (χ1v) is 10.1. The maximum Gasteiger partial charge on any atom is 0.276 e. The highest BCUT2D eigenvalue weighted by atomic mass is 19.1. The Labute approximate surface area is 174 Å². The van der Waals surface area contributed by atoms with E-state index in [1.807, 2.05) is 19.1 Å². The van der Waals surface area contributed by atoms with E-state index in [2.05, 4.69) is 22.0 Å². The molecule has 1 aliphatic rings. The maximum absolute atomic E-state index is 14.1. The monoisotopic (exact) mass is 409 g/mol. The fraction of sp³-hybridized carbons (Fsp3) is 0.304. The molecule has 3 aromatic rings. The van der Waals surface area contributed by atoms with E-state index in [0.29, 0.717) is 19.7 Å². The molecule has 1 amide bonds. The SMILES string of the molecule is CCOc1ccc(CN2CCN(C(=O)c3ncoc3-c3ccccc3F)CC2)cc1. The molecule has 0 unspecified atom stereocenters. The Kier molecular flexibility index (Phi) is 6.09. The molecule has 0 saturated carbocycles. The summed E-state index contributed by atoms with van der Waals surface area (Å²) in [6, 6.07) is 14.3. The zero-order chi connectivity index (χ0) is 20.9. The molecule has 1 fully saturated rings. The zero-order valence-electron chi connectivity index (χ0n) is 16.9. The van der Waals surface area contributed by atoms with E-state index in [0.717, 1.165) is 25.4 Å². The van der Waals surface area contributed by atoms with Crippen molar-refractivity contribution in [3.8, 4) is 17.1 Å². The highest BCUT2D eigenvalue weighted by Gasteiger charge is 2.27. The molecule has 7 heteroatoms. The van der Waals surface area contributed by atoms with Gasteiger partial charge in [0.1, 0.15) is 11.6 Å². The molecule has 2 aromatic carbocycles. The van der Waals surface area contributed by atoms with E-state index in [9.17, 15) is 9.18 Å². The predicted octanol–water partition coefficient (Wildman–Crippen LogP) is 3.84. The van der Waals surface area contributed by atoms with E-state index >= 15 is 0 Å². The first kappa shape index (κ1) is 20.1. The second-order valence-electron chi connectivity index (χ2n) is 7.16. The van der Waals surface area contributed by atoms with Gasteiger partial charge in [-0.1, -0.05) is 24.3 Å². The Bertz CT molecular complexity index is 995. The van der Waals surface area contributed by atoms with Crippen LogP contribution in [-0.4, -0.2) is 53.5 Å². The van der Waals surface area contributed by atoms with Crippen molar-refractivity contribution in [2.45, 2.75) is 13.5 Å². The molecular formula is C23H24FN3O3. The number of ether oxygens (including phenoxy) is 1. The molecule has 156 valence electrons. The maximum atomic E-state index is 14.1. The van der Waals surface area contributed by atoms with Gasteiger partial charge in [0.05, 0.1) is 12.2 Å².